The number of hydrogen-bond donors (Lipinski definition) is 0. The van der Waals surface area contributed by atoms with E-state index in [1.807, 2.05) is 0 Å². The van der Waals surface area contributed by atoms with Gasteiger partial charge in [0.05, 0.1) is 0 Å². The molecular weight excluding hydrogens is 299 g/mol. The van der Waals surface area contributed by atoms with Crippen LogP contribution in [0.5, 0.6) is 5.75 Å². The zero-order chi connectivity index (χ0) is 10.9. The van der Waals surface area contributed by atoms with Crippen molar-refractivity contribution in [3.8, 4) is 5.75 Å². The molecule has 0 saturated carbocycles. The van der Waals surface area contributed by atoms with Crippen LogP contribution < -0.4 is 4.74 Å². The number of alkyl halides is 3. The average Bonchev–Trinajstić information content (AvgIpc) is 1.95. The van der Waals surface area contributed by atoms with Crippen molar-refractivity contribution in [1.82, 2.24) is 0 Å². The molecule has 1 rings (SSSR count). The maximum atomic E-state index is 12.7. The first-order chi connectivity index (χ1) is 6.29. The second-order valence-corrected chi connectivity index (χ2v) is 3.16. The Labute approximate surface area is 106 Å². The van der Waals surface area contributed by atoms with E-state index in [0.717, 1.165) is 0 Å². The van der Waals surface area contributed by atoms with Crippen LogP contribution in [0.2, 0.25) is 0 Å². The number of rotatable bonds is 1. The van der Waals surface area contributed by atoms with Crippen LogP contribution in [-0.4, -0.2) is 29.4 Å². The van der Waals surface area contributed by atoms with E-state index in [4.69, 9.17) is 0 Å². The Morgan fingerprint density at radius 3 is 1.80 bits per heavy atom. The van der Waals surface area contributed by atoms with E-state index in [-0.39, 0.29) is 27.5 Å². The van der Waals surface area contributed by atoms with E-state index < -0.39 is 23.7 Å². The molecule has 0 radical (unpaired) electrons. The monoisotopic (exact) mass is 302 g/mol. The number of hydrogen-bond acceptors (Lipinski definition) is 1. The molecule has 0 atom stereocenters. The molecule has 0 aliphatic heterocycles. The molecule has 0 fully saturated rings. The summed E-state index contributed by atoms with van der Waals surface area (Å²) in [7, 11) is 0. The summed E-state index contributed by atoms with van der Waals surface area (Å²) in [6.45, 7) is 0. The summed E-state index contributed by atoms with van der Waals surface area (Å²) in [5.74, 6) is -4.30. The van der Waals surface area contributed by atoms with Gasteiger partial charge in [0.25, 0.3) is 0 Å². The molecule has 0 amide bonds. The Kier molecular flexibility index (Phi) is 5.28. The second-order valence-electron chi connectivity index (χ2n) is 2.25. The second kappa shape index (κ2) is 5.31. The largest absolute Gasteiger partial charge is 0.573 e. The van der Waals surface area contributed by atoms with Gasteiger partial charge in [0.15, 0.2) is 11.6 Å². The molecule has 0 aliphatic rings. The first kappa shape index (κ1) is 14.9. The Hall–Kier alpha value is -0.0838. The molecule has 8 heteroatoms. The Morgan fingerprint density at radius 1 is 1.07 bits per heavy atom. The van der Waals surface area contributed by atoms with Crippen molar-refractivity contribution in [2.45, 2.75) is 6.36 Å². The minimum Gasteiger partial charge on any atom is -0.399 e. The van der Waals surface area contributed by atoms with Crippen LogP contribution in [0.1, 0.15) is 0 Å². The zero-order valence-electron chi connectivity index (χ0n) is 6.33. The van der Waals surface area contributed by atoms with Crippen molar-refractivity contribution in [3.05, 3.63) is 28.2 Å². The number of ether oxygens (including phenoxy) is 1. The molecule has 1 nitrogen and oxygen atoms in total. The molecule has 1 aromatic carbocycles. The molecule has 0 bridgehead atoms. The van der Waals surface area contributed by atoms with Crippen molar-refractivity contribution < 1.29 is 26.7 Å². The normalized spacial score (nSPS) is 10.8. The summed E-state index contributed by atoms with van der Waals surface area (Å²) in [6, 6.07) is 1.34. The molecule has 15 heavy (non-hydrogen) atoms. The van der Waals surface area contributed by atoms with E-state index in [9.17, 15) is 22.0 Å². The predicted octanol–water partition coefficient (Wildman–Crippen LogP) is 2.71. The van der Waals surface area contributed by atoms with E-state index in [2.05, 4.69) is 20.7 Å². The fraction of sp³-hybridized carbons (Fsp3) is 0.143. The Bertz CT molecular complexity index is 331. The highest BCUT2D eigenvalue weighted by atomic mass is 79.9. The predicted molar refractivity (Wildman–Crippen MR) is 49.3 cm³/mol. The SMILES string of the molecule is Fc1cc(Br)cc(F)c1OC(F)(F)F.[MgH2]. The lowest BCUT2D eigenvalue weighted by Gasteiger charge is -2.10. The van der Waals surface area contributed by atoms with Crippen molar-refractivity contribution in [2.24, 2.45) is 0 Å². The van der Waals surface area contributed by atoms with Gasteiger partial charge in [-0.3, -0.25) is 0 Å². The van der Waals surface area contributed by atoms with Crippen molar-refractivity contribution in [3.63, 3.8) is 0 Å². The fourth-order valence-electron chi connectivity index (χ4n) is 0.742. The first-order valence-corrected chi connectivity index (χ1v) is 3.99. The summed E-state index contributed by atoms with van der Waals surface area (Å²) < 4.78 is 63.5. The van der Waals surface area contributed by atoms with Crippen molar-refractivity contribution in [2.75, 3.05) is 0 Å². The number of benzene rings is 1. The lowest BCUT2D eigenvalue weighted by atomic mass is 10.3. The highest BCUT2D eigenvalue weighted by molar-refractivity contribution is 9.10. The minimum absolute atomic E-state index is 0. The summed E-state index contributed by atoms with van der Waals surface area (Å²) in [5, 5.41) is 0. The average molecular weight is 303 g/mol. The van der Waals surface area contributed by atoms with Gasteiger partial charge in [-0.15, -0.1) is 13.2 Å². The molecule has 0 saturated heterocycles. The third kappa shape index (κ3) is 4.52. The molecule has 0 N–H and O–H groups in total. The van der Waals surface area contributed by atoms with Crippen LogP contribution in [0, 0.1) is 11.6 Å². The smallest absolute Gasteiger partial charge is 0.399 e. The lowest BCUT2D eigenvalue weighted by molar-refractivity contribution is -0.276. The summed E-state index contributed by atoms with van der Waals surface area (Å²) in [4.78, 5) is 0. The van der Waals surface area contributed by atoms with Gasteiger partial charge in [-0.2, -0.15) is 0 Å². The molecule has 82 valence electrons. The third-order valence-corrected chi connectivity index (χ3v) is 1.64. The van der Waals surface area contributed by atoms with Gasteiger partial charge in [-0.1, -0.05) is 15.9 Å². The van der Waals surface area contributed by atoms with Crippen LogP contribution in [-0.2, 0) is 0 Å². The van der Waals surface area contributed by atoms with Crippen LogP contribution in [0.15, 0.2) is 16.6 Å². The third-order valence-electron chi connectivity index (χ3n) is 1.18. The highest BCUT2D eigenvalue weighted by Gasteiger charge is 2.34. The van der Waals surface area contributed by atoms with E-state index >= 15 is 0 Å². The van der Waals surface area contributed by atoms with Crippen LogP contribution in [0.3, 0.4) is 0 Å². The molecule has 0 aliphatic carbocycles. The fourth-order valence-corrected chi connectivity index (χ4v) is 1.14. The van der Waals surface area contributed by atoms with Crippen LogP contribution in [0.25, 0.3) is 0 Å². The lowest BCUT2D eigenvalue weighted by Crippen LogP contribution is -2.18. The number of halogens is 6. The molecular formula is C7H4BrF5MgO. The van der Waals surface area contributed by atoms with Gasteiger partial charge in [-0.05, 0) is 12.1 Å². The van der Waals surface area contributed by atoms with Crippen LogP contribution >= 0.6 is 15.9 Å². The van der Waals surface area contributed by atoms with Crippen LogP contribution in [0.4, 0.5) is 22.0 Å². The van der Waals surface area contributed by atoms with Crippen molar-refractivity contribution in [1.29, 1.82) is 0 Å². The highest BCUT2D eigenvalue weighted by Crippen LogP contribution is 2.30. The van der Waals surface area contributed by atoms with E-state index in [1.165, 1.54) is 0 Å². The standard InChI is InChI=1S/C7H2BrF5O.Mg.2H/c8-3-1-4(9)6(5(10)2-3)14-7(11,12)13;;;/h1-2H;;;. The topological polar surface area (TPSA) is 9.23 Å². The van der Waals surface area contributed by atoms with Crippen molar-refractivity contribution >= 4 is 39.0 Å². The molecule has 0 aromatic heterocycles. The maximum Gasteiger partial charge on any atom is 0.573 e. The molecule has 0 spiro atoms. The van der Waals surface area contributed by atoms with Gasteiger partial charge >= 0.3 is 29.4 Å². The molecule has 1 aromatic rings. The summed E-state index contributed by atoms with van der Waals surface area (Å²) in [5.41, 5.74) is 0. The van der Waals surface area contributed by atoms with Gasteiger partial charge in [-0.25, -0.2) is 8.78 Å². The van der Waals surface area contributed by atoms with Gasteiger partial charge in [0, 0.05) is 4.47 Å². The Balaban J connectivity index is 0.00000196. The molecule has 0 heterocycles. The Morgan fingerprint density at radius 2 is 1.47 bits per heavy atom. The quantitative estimate of drug-likeness (QED) is 0.572. The molecule has 0 unspecified atom stereocenters. The maximum absolute atomic E-state index is 12.7. The summed E-state index contributed by atoms with van der Waals surface area (Å²) in [6.07, 6.45) is -5.12. The first-order valence-electron chi connectivity index (χ1n) is 3.20. The van der Waals surface area contributed by atoms with E-state index in [1.54, 1.807) is 0 Å². The summed E-state index contributed by atoms with van der Waals surface area (Å²) >= 11 is 2.71. The van der Waals surface area contributed by atoms with E-state index in [0.29, 0.717) is 12.1 Å². The van der Waals surface area contributed by atoms with Gasteiger partial charge in [0.1, 0.15) is 0 Å². The minimum atomic E-state index is -5.12. The van der Waals surface area contributed by atoms with Gasteiger partial charge in [0.2, 0.25) is 5.75 Å². The van der Waals surface area contributed by atoms with Gasteiger partial charge < -0.3 is 4.74 Å². The zero-order valence-corrected chi connectivity index (χ0v) is 7.92.